The Morgan fingerprint density at radius 3 is 2.84 bits per heavy atom. The van der Waals surface area contributed by atoms with Gasteiger partial charge in [-0.3, -0.25) is 0 Å². The van der Waals surface area contributed by atoms with Gasteiger partial charge in [-0.05, 0) is 23.8 Å². The number of anilines is 1. The molecule has 0 aromatic heterocycles. The molecule has 4 nitrogen and oxygen atoms in total. The van der Waals surface area contributed by atoms with E-state index in [1.165, 1.54) is 0 Å². The van der Waals surface area contributed by atoms with E-state index in [9.17, 15) is 9.90 Å². The average Bonchev–Trinajstić information content (AvgIpc) is 2.37. The van der Waals surface area contributed by atoms with Gasteiger partial charge >= 0.3 is 5.97 Å². The molecule has 0 bridgehead atoms. The minimum absolute atomic E-state index is 0.328. The third-order valence-corrected chi connectivity index (χ3v) is 3.57. The monoisotopic (exact) mass is 283 g/mol. The molecule has 106 valence electrons. The number of hydrogen-bond acceptors (Lipinski definition) is 4. The normalized spacial score (nSPS) is 12.2. The van der Waals surface area contributed by atoms with Crippen molar-refractivity contribution in [3.8, 4) is 0 Å². The van der Waals surface area contributed by atoms with Gasteiger partial charge in [0.2, 0.25) is 0 Å². The van der Waals surface area contributed by atoms with E-state index in [0.717, 1.165) is 10.6 Å². The molecule has 1 atom stereocenters. The molecule has 1 aromatic carbocycles. The van der Waals surface area contributed by atoms with Crippen molar-refractivity contribution in [1.29, 1.82) is 0 Å². The van der Waals surface area contributed by atoms with Crippen LogP contribution in [0.3, 0.4) is 0 Å². The van der Waals surface area contributed by atoms with Crippen LogP contribution in [0.5, 0.6) is 0 Å². The summed E-state index contributed by atoms with van der Waals surface area (Å²) in [6.45, 7) is 5.41. The SMILES string of the molecule is CCSc1cccc(NCC(C)COC)c1C(=O)O. The second-order valence-electron chi connectivity index (χ2n) is 4.36. The first kappa shape index (κ1) is 15.9. The fourth-order valence-electron chi connectivity index (χ4n) is 1.80. The van der Waals surface area contributed by atoms with Gasteiger partial charge in [0.15, 0.2) is 0 Å². The standard InChI is InChI=1S/C14H21NO3S/c1-4-19-12-7-5-6-11(13(12)14(16)17)15-8-10(2)9-18-3/h5-7,10,15H,4,8-9H2,1-3H3,(H,16,17). The number of carboxylic acid groups (broad SMARTS) is 1. The molecule has 5 heteroatoms. The van der Waals surface area contributed by atoms with E-state index >= 15 is 0 Å². The van der Waals surface area contributed by atoms with Crippen molar-refractivity contribution in [2.24, 2.45) is 5.92 Å². The van der Waals surface area contributed by atoms with Crippen LogP contribution in [0.15, 0.2) is 23.1 Å². The van der Waals surface area contributed by atoms with Gasteiger partial charge in [0.25, 0.3) is 0 Å². The maximum absolute atomic E-state index is 11.4. The Bertz CT molecular complexity index is 423. The minimum atomic E-state index is -0.890. The molecule has 0 aliphatic rings. The van der Waals surface area contributed by atoms with Gasteiger partial charge < -0.3 is 15.2 Å². The Labute approximate surface area is 118 Å². The first-order chi connectivity index (χ1) is 9.10. The molecule has 0 saturated carbocycles. The van der Waals surface area contributed by atoms with Crippen LogP contribution in [0.1, 0.15) is 24.2 Å². The highest BCUT2D eigenvalue weighted by molar-refractivity contribution is 7.99. The molecule has 0 spiro atoms. The number of aromatic carboxylic acids is 1. The number of thioether (sulfide) groups is 1. The summed E-state index contributed by atoms with van der Waals surface area (Å²) in [6, 6.07) is 5.54. The van der Waals surface area contributed by atoms with Crippen molar-refractivity contribution in [2.45, 2.75) is 18.7 Å². The van der Waals surface area contributed by atoms with E-state index in [0.29, 0.717) is 30.3 Å². The molecule has 0 heterocycles. The van der Waals surface area contributed by atoms with Gasteiger partial charge in [-0.2, -0.15) is 0 Å². The summed E-state index contributed by atoms with van der Waals surface area (Å²) in [5.41, 5.74) is 1.04. The van der Waals surface area contributed by atoms with Crippen molar-refractivity contribution >= 4 is 23.4 Å². The fraction of sp³-hybridized carbons (Fsp3) is 0.500. The summed E-state index contributed by atoms with van der Waals surface area (Å²) < 4.78 is 5.07. The largest absolute Gasteiger partial charge is 0.478 e. The molecule has 1 aromatic rings. The number of ether oxygens (including phenoxy) is 1. The maximum Gasteiger partial charge on any atom is 0.338 e. The summed E-state index contributed by atoms with van der Waals surface area (Å²) in [5.74, 6) is 0.289. The maximum atomic E-state index is 11.4. The average molecular weight is 283 g/mol. The van der Waals surface area contributed by atoms with Gasteiger partial charge in [0, 0.05) is 24.2 Å². The van der Waals surface area contributed by atoms with Crippen LogP contribution in [0.2, 0.25) is 0 Å². The first-order valence-electron chi connectivity index (χ1n) is 6.32. The van der Waals surface area contributed by atoms with Crippen molar-refractivity contribution in [3.63, 3.8) is 0 Å². The van der Waals surface area contributed by atoms with Gasteiger partial charge in [0.05, 0.1) is 12.2 Å². The lowest BCUT2D eigenvalue weighted by atomic mass is 10.1. The molecule has 1 unspecified atom stereocenters. The van der Waals surface area contributed by atoms with E-state index in [2.05, 4.69) is 12.2 Å². The molecule has 1 rings (SSSR count). The van der Waals surface area contributed by atoms with Crippen LogP contribution in [0, 0.1) is 5.92 Å². The second kappa shape index (κ2) is 8.07. The molecule has 0 aliphatic heterocycles. The Hall–Kier alpha value is -1.20. The van der Waals surface area contributed by atoms with E-state index in [4.69, 9.17) is 4.74 Å². The molecule has 2 N–H and O–H groups in total. The molecular formula is C14H21NO3S. The summed E-state index contributed by atoms with van der Waals surface area (Å²) in [7, 11) is 1.66. The number of rotatable bonds is 8. The van der Waals surface area contributed by atoms with Gasteiger partial charge in [-0.1, -0.05) is 19.9 Å². The molecule has 0 saturated heterocycles. The van der Waals surface area contributed by atoms with Crippen molar-refractivity contribution < 1.29 is 14.6 Å². The van der Waals surface area contributed by atoms with E-state index < -0.39 is 5.97 Å². The van der Waals surface area contributed by atoms with E-state index in [1.54, 1.807) is 18.9 Å². The fourth-order valence-corrected chi connectivity index (χ4v) is 2.63. The van der Waals surface area contributed by atoms with Crippen molar-refractivity contribution in [3.05, 3.63) is 23.8 Å². The Morgan fingerprint density at radius 2 is 2.26 bits per heavy atom. The zero-order chi connectivity index (χ0) is 14.3. The van der Waals surface area contributed by atoms with E-state index in [-0.39, 0.29) is 0 Å². The number of nitrogens with one attached hydrogen (secondary N) is 1. The highest BCUT2D eigenvalue weighted by atomic mass is 32.2. The number of carboxylic acids is 1. The lowest BCUT2D eigenvalue weighted by molar-refractivity contribution is 0.0694. The number of methoxy groups -OCH3 is 1. The first-order valence-corrected chi connectivity index (χ1v) is 7.30. The summed E-state index contributed by atoms with van der Waals surface area (Å²) in [4.78, 5) is 12.2. The zero-order valence-electron chi connectivity index (χ0n) is 11.6. The highest BCUT2D eigenvalue weighted by Gasteiger charge is 2.15. The van der Waals surface area contributed by atoms with Crippen LogP contribution in [0.25, 0.3) is 0 Å². The molecule has 0 fully saturated rings. The predicted octanol–water partition coefficient (Wildman–Crippen LogP) is 3.19. The number of benzene rings is 1. The van der Waals surface area contributed by atoms with E-state index in [1.807, 2.05) is 25.1 Å². The Balaban J connectivity index is 2.87. The molecule has 0 amide bonds. The van der Waals surface area contributed by atoms with Crippen LogP contribution in [-0.2, 0) is 4.74 Å². The Kier molecular flexibility index (Phi) is 6.73. The summed E-state index contributed by atoms with van der Waals surface area (Å²) in [5, 5.41) is 12.6. The van der Waals surface area contributed by atoms with Crippen LogP contribution in [-0.4, -0.2) is 37.1 Å². The van der Waals surface area contributed by atoms with Gasteiger partial charge in [0.1, 0.15) is 0 Å². The Morgan fingerprint density at radius 1 is 1.53 bits per heavy atom. The minimum Gasteiger partial charge on any atom is -0.478 e. The molecular weight excluding hydrogens is 262 g/mol. The van der Waals surface area contributed by atoms with Crippen molar-refractivity contribution in [1.82, 2.24) is 0 Å². The smallest absolute Gasteiger partial charge is 0.338 e. The van der Waals surface area contributed by atoms with Crippen LogP contribution < -0.4 is 5.32 Å². The second-order valence-corrected chi connectivity index (χ2v) is 5.66. The quantitative estimate of drug-likeness (QED) is 0.718. The third-order valence-electron chi connectivity index (χ3n) is 2.63. The summed E-state index contributed by atoms with van der Waals surface area (Å²) in [6.07, 6.45) is 0. The lowest BCUT2D eigenvalue weighted by Crippen LogP contribution is -2.17. The summed E-state index contributed by atoms with van der Waals surface area (Å²) >= 11 is 1.54. The van der Waals surface area contributed by atoms with Gasteiger partial charge in [-0.25, -0.2) is 4.79 Å². The van der Waals surface area contributed by atoms with Crippen molar-refractivity contribution in [2.75, 3.05) is 31.3 Å². The topological polar surface area (TPSA) is 58.6 Å². The lowest BCUT2D eigenvalue weighted by Gasteiger charge is -2.16. The van der Waals surface area contributed by atoms with Crippen LogP contribution >= 0.6 is 11.8 Å². The third kappa shape index (κ3) is 4.76. The van der Waals surface area contributed by atoms with Gasteiger partial charge in [-0.15, -0.1) is 11.8 Å². The number of hydrogen-bond donors (Lipinski definition) is 2. The zero-order valence-corrected chi connectivity index (χ0v) is 12.4. The molecule has 0 radical (unpaired) electrons. The predicted molar refractivity (Wildman–Crippen MR) is 79.3 cm³/mol. The highest BCUT2D eigenvalue weighted by Crippen LogP contribution is 2.28. The number of carbonyl (C=O) groups is 1. The molecule has 0 aliphatic carbocycles. The van der Waals surface area contributed by atoms with Crippen LogP contribution in [0.4, 0.5) is 5.69 Å². The molecule has 19 heavy (non-hydrogen) atoms.